The molecule has 3 atom stereocenters. The first kappa shape index (κ1) is 13.6. The minimum atomic E-state index is 0.511. The number of hydrogen-bond donors (Lipinski definition) is 0. The van der Waals surface area contributed by atoms with Crippen LogP contribution in [0.15, 0.2) is 0 Å². The molecule has 82 valence electrons. The molecule has 0 nitrogen and oxygen atoms in total. The third-order valence-corrected chi connectivity index (χ3v) is 2.96. The van der Waals surface area contributed by atoms with Gasteiger partial charge in [0.1, 0.15) is 0 Å². The molecular weight excluding hydrogens is 168 g/mol. The molecule has 0 amide bonds. The number of rotatable bonds is 4. The molecule has 0 fully saturated rings. The zero-order valence-electron chi connectivity index (χ0n) is 10.7. The van der Waals surface area contributed by atoms with E-state index < -0.39 is 0 Å². The molecule has 0 saturated carbocycles. The van der Waals surface area contributed by atoms with Crippen LogP contribution in [0.1, 0.15) is 54.4 Å². The van der Waals surface area contributed by atoms with Crippen LogP contribution in [0.2, 0.25) is 0 Å². The van der Waals surface area contributed by atoms with Gasteiger partial charge >= 0.3 is 0 Å². The van der Waals surface area contributed by atoms with Gasteiger partial charge in [0.2, 0.25) is 0 Å². The van der Waals surface area contributed by atoms with Crippen molar-refractivity contribution in [2.75, 3.05) is 0 Å². The van der Waals surface area contributed by atoms with E-state index in [1.54, 1.807) is 0 Å². The van der Waals surface area contributed by atoms with Crippen molar-refractivity contribution in [1.82, 2.24) is 0 Å². The summed E-state index contributed by atoms with van der Waals surface area (Å²) in [5, 5.41) is 0. The van der Waals surface area contributed by atoms with Gasteiger partial charge in [0.25, 0.3) is 0 Å². The summed E-state index contributed by atoms with van der Waals surface area (Å²) >= 11 is 0. The second-order valence-corrected chi connectivity index (χ2v) is 4.94. The molecule has 0 aromatic heterocycles. The van der Waals surface area contributed by atoms with E-state index in [0.29, 0.717) is 11.8 Å². The van der Waals surface area contributed by atoms with Crippen LogP contribution in [0.4, 0.5) is 0 Å². The van der Waals surface area contributed by atoms with Crippen LogP contribution < -0.4 is 0 Å². The molecule has 0 aliphatic rings. The monoisotopic (exact) mass is 194 g/mol. The second-order valence-electron chi connectivity index (χ2n) is 4.94. The van der Waals surface area contributed by atoms with Crippen LogP contribution in [0.3, 0.4) is 0 Å². The van der Waals surface area contributed by atoms with Crippen molar-refractivity contribution < 1.29 is 0 Å². The Morgan fingerprint density at radius 1 is 0.857 bits per heavy atom. The molecule has 0 aliphatic heterocycles. The van der Waals surface area contributed by atoms with Gasteiger partial charge in [-0.2, -0.15) is 0 Å². The topological polar surface area (TPSA) is 0 Å². The van der Waals surface area contributed by atoms with Crippen molar-refractivity contribution in [2.45, 2.75) is 54.4 Å². The van der Waals surface area contributed by atoms with E-state index in [0.717, 1.165) is 11.8 Å². The van der Waals surface area contributed by atoms with Gasteiger partial charge in [0.05, 0.1) is 0 Å². The molecule has 3 unspecified atom stereocenters. The predicted octanol–water partition coefficient (Wildman–Crippen LogP) is 4.35. The van der Waals surface area contributed by atoms with Gasteiger partial charge in [-0.1, -0.05) is 53.9 Å². The molecule has 0 aromatic rings. The van der Waals surface area contributed by atoms with Crippen molar-refractivity contribution in [2.24, 2.45) is 23.7 Å². The molecule has 0 saturated heterocycles. The smallest absolute Gasteiger partial charge is 0.0177 e. The highest BCUT2D eigenvalue weighted by atomic mass is 14.2. The molecular formula is C14H26. The van der Waals surface area contributed by atoms with Crippen molar-refractivity contribution in [3.63, 3.8) is 0 Å². The summed E-state index contributed by atoms with van der Waals surface area (Å²) in [6.45, 7) is 13.5. The maximum absolute atomic E-state index is 3.34. The highest BCUT2D eigenvalue weighted by Crippen LogP contribution is 2.21. The Morgan fingerprint density at radius 2 is 1.43 bits per heavy atom. The van der Waals surface area contributed by atoms with E-state index in [1.807, 2.05) is 0 Å². The lowest BCUT2D eigenvalue weighted by molar-refractivity contribution is 0.331. The van der Waals surface area contributed by atoms with E-state index in [1.165, 1.54) is 12.8 Å². The van der Waals surface area contributed by atoms with Gasteiger partial charge in [0, 0.05) is 11.8 Å². The third-order valence-electron chi connectivity index (χ3n) is 2.96. The van der Waals surface area contributed by atoms with E-state index in [4.69, 9.17) is 0 Å². The predicted molar refractivity (Wildman–Crippen MR) is 65.0 cm³/mol. The van der Waals surface area contributed by atoms with Crippen molar-refractivity contribution in [3.8, 4) is 11.8 Å². The lowest BCUT2D eigenvalue weighted by Gasteiger charge is -2.19. The lowest BCUT2D eigenvalue weighted by Crippen LogP contribution is -2.10. The quantitative estimate of drug-likeness (QED) is 0.583. The Bertz CT molecular complexity index is 192. The molecule has 0 aromatic carbocycles. The molecule has 0 aliphatic carbocycles. The zero-order valence-corrected chi connectivity index (χ0v) is 10.7. The molecule has 0 heteroatoms. The summed E-state index contributed by atoms with van der Waals surface area (Å²) in [6.07, 6.45) is 2.53. The van der Waals surface area contributed by atoms with Crippen LogP contribution >= 0.6 is 0 Å². The average Bonchev–Trinajstić information content (AvgIpc) is 2.13. The third kappa shape index (κ3) is 6.08. The summed E-state index contributed by atoms with van der Waals surface area (Å²) in [5.41, 5.74) is 0. The Labute approximate surface area is 90.5 Å². The van der Waals surface area contributed by atoms with E-state index in [-0.39, 0.29) is 0 Å². The molecule has 0 radical (unpaired) electrons. The molecule has 0 bridgehead atoms. The second kappa shape index (κ2) is 6.93. The zero-order chi connectivity index (χ0) is 11.1. The van der Waals surface area contributed by atoms with Crippen LogP contribution in [0.25, 0.3) is 0 Å². The lowest BCUT2D eigenvalue weighted by atomic mass is 9.86. The van der Waals surface area contributed by atoms with E-state index in [2.05, 4.69) is 53.4 Å². The summed E-state index contributed by atoms with van der Waals surface area (Å²) < 4.78 is 0. The summed E-state index contributed by atoms with van der Waals surface area (Å²) in [5.74, 6) is 9.30. The van der Waals surface area contributed by atoms with Gasteiger partial charge < -0.3 is 0 Å². The fourth-order valence-electron chi connectivity index (χ4n) is 1.56. The molecule has 0 N–H and O–H groups in total. The summed E-state index contributed by atoms with van der Waals surface area (Å²) in [4.78, 5) is 0. The van der Waals surface area contributed by atoms with Crippen LogP contribution in [0, 0.1) is 35.5 Å². The Kier molecular flexibility index (Phi) is 6.71. The molecule has 14 heavy (non-hydrogen) atoms. The first-order valence-electron chi connectivity index (χ1n) is 5.98. The fourth-order valence-corrected chi connectivity index (χ4v) is 1.56. The van der Waals surface area contributed by atoms with Gasteiger partial charge in [-0.05, 0) is 18.3 Å². The first-order valence-corrected chi connectivity index (χ1v) is 5.98. The van der Waals surface area contributed by atoms with E-state index >= 15 is 0 Å². The standard InChI is InChI=1S/C14H26/c1-7-13(5)14(6)10-12(4)9-8-11(2)3/h11-14H,7,10H2,1-6H3. The van der Waals surface area contributed by atoms with Gasteiger partial charge in [-0.3, -0.25) is 0 Å². The van der Waals surface area contributed by atoms with Crippen molar-refractivity contribution in [1.29, 1.82) is 0 Å². The highest BCUT2D eigenvalue weighted by Gasteiger charge is 2.12. The van der Waals surface area contributed by atoms with E-state index in [9.17, 15) is 0 Å². The summed E-state index contributed by atoms with van der Waals surface area (Å²) in [6, 6.07) is 0. The molecule has 0 rings (SSSR count). The maximum Gasteiger partial charge on any atom is 0.0177 e. The first-order chi connectivity index (χ1) is 6.47. The van der Waals surface area contributed by atoms with Gasteiger partial charge in [-0.25, -0.2) is 0 Å². The maximum atomic E-state index is 3.34. The SMILES string of the molecule is CCC(C)C(C)CC(C)C#CC(C)C. The van der Waals surface area contributed by atoms with Crippen LogP contribution in [-0.4, -0.2) is 0 Å². The minimum absolute atomic E-state index is 0.511. The average molecular weight is 194 g/mol. The fraction of sp³-hybridized carbons (Fsp3) is 0.857. The Morgan fingerprint density at radius 3 is 1.86 bits per heavy atom. The number of hydrogen-bond acceptors (Lipinski definition) is 0. The largest absolute Gasteiger partial charge is 0.100 e. The Hall–Kier alpha value is -0.440. The molecule has 0 heterocycles. The normalized spacial score (nSPS) is 17.1. The van der Waals surface area contributed by atoms with Crippen LogP contribution in [0.5, 0.6) is 0 Å². The minimum Gasteiger partial charge on any atom is -0.100 e. The summed E-state index contributed by atoms with van der Waals surface area (Å²) in [7, 11) is 0. The Balaban J connectivity index is 3.95. The highest BCUT2D eigenvalue weighted by molar-refractivity contribution is 5.04. The molecule has 0 spiro atoms. The van der Waals surface area contributed by atoms with Gasteiger partial charge in [-0.15, -0.1) is 5.92 Å². The van der Waals surface area contributed by atoms with Crippen molar-refractivity contribution in [3.05, 3.63) is 0 Å². The van der Waals surface area contributed by atoms with Gasteiger partial charge in [0.15, 0.2) is 0 Å². The van der Waals surface area contributed by atoms with Crippen LogP contribution in [-0.2, 0) is 0 Å². The van der Waals surface area contributed by atoms with Crippen molar-refractivity contribution >= 4 is 0 Å².